The Morgan fingerprint density at radius 1 is 0.840 bits per heavy atom. The standard InChI is InChI=1S/C23H34O2/c1-3-5-6-7-8-9-10-11-12-13-14-15-16-17-18-19-21-22(20-4-2)23(24)25/h4-6,8-9,11-12,14-15,17-18,22H,2-3,7,10,13,16,19-21H2,1H3,(H,24,25). The molecular weight excluding hydrogens is 308 g/mol. The summed E-state index contributed by atoms with van der Waals surface area (Å²) in [6, 6.07) is 0. The van der Waals surface area contributed by atoms with Gasteiger partial charge in [-0.05, 0) is 51.4 Å². The van der Waals surface area contributed by atoms with E-state index in [1.54, 1.807) is 6.08 Å². The molecule has 2 heteroatoms. The summed E-state index contributed by atoms with van der Waals surface area (Å²) >= 11 is 0. The Morgan fingerprint density at radius 3 is 1.68 bits per heavy atom. The summed E-state index contributed by atoms with van der Waals surface area (Å²) in [7, 11) is 0. The van der Waals surface area contributed by atoms with Crippen molar-refractivity contribution in [1.29, 1.82) is 0 Å². The van der Waals surface area contributed by atoms with Gasteiger partial charge in [-0.15, -0.1) is 6.58 Å². The summed E-state index contributed by atoms with van der Waals surface area (Å²) in [6.45, 7) is 5.75. The molecule has 0 saturated carbocycles. The smallest absolute Gasteiger partial charge is 0.306 e. The zero-order chi connectivity index (χ0) is 18.6. The van der Waals surface area contributed by atoms with Gasteiger partial charge in [0.15, 0.2) is 0 Å². The first-order valence-corrected chi connectivity index (χ1v) is 9.31. The van der Waals surface area contributed by atoms with Crippen LogP contribution in [0.4, 0.5) is 0 Å². The summed E-state index contributed by atoms with van der Waals surface area (Å²) in [4.78, 5) is 11.0. The maximum absolute atomic E-state index is 11.0. The van der Waals surface area contributed by atoms with Crippen LogP contribution in [0.5, 0.6) is 0 Å². The molecule has 0 bridgehead atoms. The molecule has 1 unspecified atom stereocenters. The molecule has 1 N–H and O–H groups in total. The fourth-order valence-corrected chi connectivity index (χ4v) is 2.21. The minimum atomic E-state index is -0.729. The van der Waals surface area contributed by atoms with Crippen LogP contribution >= 0.6 is 0 Å². The molecular formula is C23H34O2. The Labute approximate surface area is 154 Å². The SMILES string of the molecule is C=CCC(CCC=CCC=CCC=CCC=CCC=CCC)C(=O)O. The zero-order valence-electron chi connectivity index (χ0n) is 15.6. The average molecular weight is 343 g/mol. The van der Waals surface area contributed by atoms with E-state index in [2.05, 4.69) is 74.3 Å². The second-order valence-corrected chi connectivity index (χ2v) is 5.84. The highest BCUT2D eigenvalue weighted by Gasteiger charge is 2.13. The highest BCUT2D eigenvalue weighted by Crippen LogP contribution is 2.12. The summed E-state index contributed by atoms with van der Waals surface area (Å²) in [6.07, 6.45) is 30.3. The predicted octanol–water partition coefficient (Wildman–Crippen LogP) is 6.79. The molecule has 0 aromatic heterocycles. The molecule has 0 rings (SSSR count). The molecule has 0 heterocycles. The number of carboxylic acid groups (broad SMARTS) is 1. The number of hydrogen-bond acceptors (Lipinski definition) is 1. The Hall–Kier alpha value is -2.09. The Bertz CT molecular complexity index is 478. The van der Waals surface area contributed by atoms with Gasteiger partial charge in [-0.2, -0.15) is 0 Å². The van der Waals surface area contributed by atoms with Crippen LogP contribution in [0.2, 0.25) is 0 Å². The van der Waals surface area contributed by atoms with E-state index in [4.69, 9.17) is 5.11 Å². The first-order valence-electron chi connectivity index (χ1n) is 9.31. The van der Waals surface area contributed by atoms with Gasteiger partial charge in [0.25, 0.3) is 0 Å². The monoisotopic (exact) mass is 342 g/mol. The Kier molecular flexibility index (Phi) is 16.7. The number of rotatable bonds is 15. The number of hydrogen-bond donors (Lipinski definition) is 1. The lowest BCUT2D eigenvalue weighted by molar-refractivity contribution is -0.141. The molecule has 0 aromatic rings. The van der Waals surface area contributed by atoms with E-state index in [-0.39, 0.29) is 5.92 Å². The molecule has 0 radical (unpaired) electrons. The van der Waals surface area contributed by atoms with E-state index >= 15 is 0 Å². The molecule has 0 saturated heterocycles. The van der Waals surface area contributed by atoms with Crippen molar-refractivity contribution in [3.05, 3.63) is 73.4 Å². The largest absolute Gasteiger partial charge is 0.481 e. The van der Waals surface area contributed by atoms with Crippen LogP contribution in [0, 0.1) is 5.92 Å². The van der Waals surface area contributed by atoms with Gasteiger partial charge in [0.1, 0.15) is 0 Å². The molecule has 0 aliphatic heterocycles. The zero-order valence-corrected chi connectivity index (χ0v) is 15.6. The van der Waals surface area contributed by atoms with Crippen molar-refractivity contribution < 1.29 is 9.90 Å². The third-order valence-electron chi connectivity index (χ3n) is 3.64. The lowest BCUT2D eigenvalue weighted by atomic mass is 9.99. The molecule has 0 amide bonds. The third-order valence-corrected chi connectivity index (χ3v) is 3.64. The number of allylic oxidation sites excluding steroid dienone is 11. The minimum Gasteiger partial charge on any atom is -0.481 e. The van der Waals surface area contributed by atoms with Crippen molar-refractivity contribution in [2.75, 3.05) is 0 Å². The van der Waals surface area contributed by atoms with Crippen LogP contribution in [0.25, 0.3) is 0 Å². The quantitative estimate of drug-likeness (QED) is 0.332. The first kappa shape index (κ1) is 22.9. The number of carbonyl (C=O) groups is 1. The molecule has 25 heavy (non-hydrogen) atoms. The maximum atomic E-state index is 11.0. The van der Waals surface area contributed by atoms with E-state index in [0.717, 1.165) is 38.5 Å². The second-order valence-electron chi connectivity index (χ2n) is 5.84. The van der Waals surface area contributed by atoms with Gasteiger partial charge in [-0.3, -0.25) is 4.79 Å². The Morgan fingerprint density at radius 2 is 1.28 bits per heavy atom. The topological polar surface area (TPSA) is 37.3 Å². The predicted molar refractivity (Wildman–Crippen MR) is 110 cm³/mol. The van der Waals surface area contributed by atoms with E-state index in [1.807, 2.05) is 0 Å². The van der Waals surface area contributed by atoms with E-state index in [1.165, 1.54) is 0 Å². The molecule has 0 fully saturated rings. The van der Waals surface area contributed by atoms with Gasteiger partial charge >= 0.3 is 5.97 Å². The van der Waals surface area contributed by atoms with E-state index in [9.17, 15) is 4.79 Å². The third kappa shape index (κ3) is 16.5. The first-order chi connectivity index (χ1) is 12.2. The summed E-state index contributed by atoms with van der Waals surface area (Å²) in [5.41, 5.74) is 0. The summed E-state index contributed by atoms with van der Waals surface area (Å²) in [5.74, 6) is -1.04. The normalized spacial score (nSPS) is 13.8. The van der Waals surface area contributed by atoms with Crippen LogP contribution in [-0.4, -0.2) is 11.1 Å². The fraction of sp³-hybridized carbons (Fsp3) is 0.435. The highest BCUT2D eigenvalue weighted by atomic mass is 16.4. The molecule has 0 spiro atoms. The van der Waals surface area contributed by atoms with Crippen LogP contribution < -0.4 is 0 Å². The highest BCUT2D eigenvalue weighted by molar-refractivity contribution is 5.70. The van der Waals surface area contributed by atoms with Crippen LogP contribution in [0.15, 0.2) is 73.4 Å². The molecule has 2 nitrogen and oxygen atoms in total. The van der Waals surface area contributed by atoms with Gasteiger partial charge in [0.05, 0.1) is 5.92 Å². The summed E-state index contributed by atoms with van der Waals surface area (Å²) in [5, 5.41) is 9.03. The Balaban J connectivity index is 3.68. The second kappa shape index (κ2) is 18.3. The van der Waals surface area contributed by atoms with Gasteiger partial charge in [0.2, 0.25) is 0 Å². The fourth-order valence-electron chi connectivity index (χ4n) is 2.21. The number of aliphatic carboxylic acids is 1. The van der Waals surface area contributed by atoms with Crippen molar-refractivity contribution >= 4 is 5.97 Å². The molecule has 138 valence electrons. The van der Waals surface area contributed by atoms with Gasteiger partial charge in [0, 0.05) is 0 Å². The van der Waals surface area contributed by atoms with Crippen LogP contribution in [-0.2, 0) is 4.79 Å². The van der Waals surface area contributed by atoms with Gasteiger partial charge in [-0.25, -0.2) is 0 Å². The van der Waals surface area contributed by atoms with Crippen LogP contribution in [0.1, 0.15) is 58.3 Å². The van der Waals surface area contributed by atoms with Crippen LogP contribution in [0.3, 0.4) is 0 Å². The van der Waals surface area contributed by atoms with Crippen molar-refractivity contribution in [2.24, 2.45) is 5.92 Å². The molecule has 1 atom stereocenters. The van der Waals surface area contributed by atoms with Crippen molar-refractivity contribution in [3.8, 4) is 0 Å². The van der Waals surface area contributed by atoms with Crippen molar-refractivity contribution in [2.45, 2.75) is 58.3 Å². The average Bonchev–Trinajstić information content (AvgIpc) is 2.60. The lowest BCUT2D eigenvalue weighted by Gasteiger charge is -2.06. The van der Waals surface area contributed by atoms with Gasteiger partial charge in [-0.1, -0.05) is 73.8 Å². The van der Waals surface area contributed by atoms with Crippen molar-refractivity contribution in [3.63, 3.8) is 0 Å². The van der Waals surface area contributed by atoms with E-state index < -0.39 is 5.97 Å². The molecule has 0 aromatic carbocycles. The van der Waals surface area contributed by atoms with E-state index in [0.29, 0.717) is 12.8 Å². The minimum absolute atomic E-state index is 0.306. The number of carboxylic acids is 1. The molecule has 0 aliphatic carbocycles. The summed E-state index contributed by atoms with van der Waals surface area (Å²) < 4.78 is 0. The molecule has 0 aliphatic rings. The van der Waals surface area contributed by atoms with Crippen molar-refractivity contribution in [1.82, 2.24) is 0 Å². The lowest BCUT2D eigenvalue weighted by Crippen LogP contribution is -2.12. The van der Waals surface area contributed by atoms with Gasteiger partial charge < -0.3 is 5.11 Å². The maximum Gasteiger partial charge on any atom is 0.306 e.